The summed E-state index contributed by atoms with van der Waals surface area (Å²) in [6, 6.07) is 0. The van der Waals surface area contributed by atoms with Crippen LogP contribution in [0.3, 0.4) is 0 Å². The maximum atomic E-state index is 12.8. The molecule has 0 radical (unpaired) electrons. The third kappa shape index (κ3) is 10.0. The number of carbonyl (C=O) groups is 1. The van der Waals surface area contributed by atoms with E-state index in [1.54, 1.807) is 0 Å². The van der Waals surface area contributed by atoms with Crippen molar-refractivity contribution in [1.82, 2.24) is 0 Å². The van der Waals surface area contributed by atoms with Crippen molar-refractivity contribution in [3.05, 3.63) is 0 Å². The molecule has 0 aliphatic heterocycles. The molecule has 3 nitrogen and oxygen atoms in total. The molecule has 0 heterocycles. The fraction of sp³-hybridized carbons (Fsp3) is 0.950. The molecule has 0 saturated carbocycles. The summed E-state index contributed by atoms with van der Waals surface area (Å²) < 4.78 is 11.6. The van der Waals surface area contributed by atoms with Crippen molar-refractivity contribution in [2.24, 2.45) is 16.7 Å². The summed E-state index contributed by atoms with van der Waals surface area (Å²) in [6.45, 7) is 21.6. The molecule has 138 valence electrons. The van der Waals surface area contributed by atoms with E-state index in [2.05, 4.69) is 55.4 Å². The molecule has 0 aromatic carbocycles. The molecule has 0 aliphatic rings. The average molecular weight is 329 g/mol. The number of hydrogen-bond donors (Lipinski definition) is 0. The number of hydrogen-bond acceptors (Lipinski definition) is 3. The Bertz CT molecular complexity index is 358. The van der Waals surface area contributed by atoms with Gasteiger partial charge in [-0.1, -0.05) is 48.5 Å². The Kier molecular flexibility index (Phi) is 8.29. The lowest BCUT2D eigenvalue weighted by Gasteiger charge is -2.36. The van der Waals surface area contributed by atoms with Crippen LogP contribution in [0.5, 0.6) is 0 Å². The van der Waals surface area contributed by atoms with Crippen LogP contribution < -0.4 is 0 Å². The minimum atomic E-state index is -0.494. The van der Waals surface area contributed by atoms with Crippen molar-refractivity contribution in [3.8, 4) is 0 Å². The van der Waals surface area contributed by atoms with Crippen molar-refractivity contribution in [2.75, 3.05) is 6.61 Å². The Balaban J connectivity index is 4.77. The van der Waals surface area contributed by atoms with Crippen LogP contribution in [0.25, 0.3) is 0 Å². The molecule has 3 heteroatoms. The highest BCUT2D eigenvalue weighted by Crippen LogP contribution is 2.37. The quantitative estimate of drug-likeness (QED) is 0.543. The zero-order valence-corrected chi connectivity index (χ0v) is 17.2. The minimum Gasteiger partial charge on any atom is -0.459 e. The van der Waals surface area contributed by atoms with Gasteiger partial charge in [0.15, 0.2) is 0 Å². The van der Waals surface area contributed by atoms with Gasteiger partial charge in [-0.05, 0) is 44.4 Å². The van der Waals surface area contributed by atoms with Crippen LogP contribution in [0.15, 0.2) is 0 Å². The van der Waals surface area contributed by atoms with Gasteiger partial charge in [-0.25, -0.2) is 0 Å². The summed E-state index contributed by atoms with van der Waals surface area (Å²) in [5, 5.41) is 0. The Hall–Kier alpha value is -0.570. The van der Waals surface area contributed by atoms with Gasteiger partial charge in [0, 0.05) is 6.42 Å². The van der Waals surface area contributed by atoms with Crippen LogP contribution in [-0.4, -0.2) is 24.3 Å². The van der Waals surface area contributed by atoms with Crippen molar-refractivity contribution >= 4 is 5.97 Å². The first kappa shape index (κ1) is 22.4. The summed E-state index contributed by atoms with van der Waals surface area (Å²) in [7, 11) is 0. The minimum absolute atomic E-state index is 0.0824. The topological polar surface area (TPSA) is 35.5 Å². The molecule has 0 rings (SSSR count). The van der Waals surface area contributed by atoms with Crippen molar-refractivity contribution in [3.63, 3.8) is 0 Å². The van der Waals surface area contributed by atoms with Crippen LogP contribution >= 0.6 is 0 Å². The lowest BCUT2D eigenvalue weighted by molar-refractivity contribution is -0.169. The van der Waals surface area contributed by atoms with E-state index in [4.69, 9.17) is 9.47 Å². The lowest BCUT2D eigenvalue weighted by atomic mass is 9.72. The highest BCUT2D eigenvalue weighted by molar-refractivity contribution is 5.73. The summed E-state index contributed by atoms with van der Waals surface area (Å²) in [5.74, 6) is -0.182. The summed E-state index contributed by atoms with van der Waals surface area (Å²) in [6.07, 6.45) is 2.80. The van der Waals surface area contributed by atoms with Crippen LogP contribution in [0, 0.1) is 16.7 Å². The van der Waals surface area contributed by atoms with Crippen LogP contribution in [0.4, 0.5) is 0 Å². The van der Waals surface area contributed by atoms with E-state index in [-0.39, 0.29) is 28.8 Å². The molecule has 0 spiro atoms. The Labute approximate surface area is 144 Å². The van der Waals surface area contributed by atoms with Gasteiger partial charge in [0.05, 0.1) is 18.6 Å². The summed E-state index contributed by atoms with van der Waals surface area (Å²) >= 11 is 0. The van der Waals surface area contributed by atoms with Crippen molar-refractivity contribution in [1.29, 1.82) is 0 Å². The van der Waals surface area contributed by atoms with Gasteiger partial charge >= 0.3 is 5.97 Å². The lowest BCUT2D eigenvalue weighted by Crippen LogP contribution is -2.39. The molecule has 2 atom stereocenters. The zero-order chi connectivity index (χ0) is 18.5. The molecule has 0 aromatic rings. The van der Waals surface area contributed by atoms with Crippen LogP contribution in [0.2, 0.25) is 0 Å². The fourth-order valence-corrected chi connectivity index (χ4v) is 2.37. The number of esters is 1. The van der Waals surface area contributed by atoms with Gasteiger partial charge in [0.2, 0.25) is 0 Å². The van der Waals surface area contributed by atoms with Crippen LogP contribution in [-0.2, 0) is 14.3 Å². The van der Waals surface area contributed by atoms with E-state index in [0.717, 1.165) is 19.3 Å². The second-order valence-electron chi connectivity index (χ2n) is 9.70. The SMILES string of the molecule is CCC(C)OCCC(C)(C)OC(=O)C(CC(C)(C)C)C(C)(C)C. The normalized spacial score (nSPS) is 16.1. The van der Waals surface area contributed by atoms with E-state index in [1.807, 2.05) is 13.8 Å². The first-order chi connectivity index (χ1) is 10.2. The Morgan fingerprint density at radius 3 is 1.91 bits per heavy atom. The standard InChI is InChI=1S/C20H40O3/c1-11-15(2)22-13-12-20(9,10)23-17(21)16(19(6,7)8)14-18(3,4)5/h15-16H,11-14H2,1-10H3. The molecule has 23 heavy (non-hydrogen) atoms. The maximum absolute atomic E-state index is 12.8. The second kappa shape index (κ2) is 8.50. The predicted octanol–water partition coefficient (Wildman–Crippen LogP) is 5.61. The highest BCUT2D eigenvalue weighted by atomic mass is 16.6. The molecular weight excluding hydrogens is 288 g/mol. The summed E-state index contributed by atoms with van der Waals surface area (Å²) in [4.78, 5) is 12.8. The van der Waals surface area contributed by atoms with Gasteiger partial charge in [-0.3, -0.25) is 4.79 Å². The molecule has 0 bridgehead atoms. The molecule has 0 N–H and O–H groups in total. The summed E-state index contributed by atoms with van der Waals surface area (Å²) in [5.41, 5.74) is -0.500. The van der Waals surface area contributed by atoms with E-state index >= 15 is 0 Å². The average Bonchev–Trinajstić information content (AvgIpc) is 2.32. The highest BCUT2D eigenvalue weighted by Gasteiger charge is 2.38. The molecule has 0 fully saturated rings. The van der Waals surface area contributed by atoms with Crippen molar-refractivity contribution < 1.29 is 14.3 Å². The Morgan fingerprint density at radius 2 is 1.52 bits per heavy atom. The molecule has 0 amide bonds. The molecule has 0 aliphatic carbocycles. The largest absolute Gasteiger partial charge is 0.459 e. The van der Waals surface area contributed by atoms with Crippen LogP contribution in [0.1, 0.15) is 88.5 Å². The van der Waals surface area contributed by atoms with Gasteiger partial charge < -0.3 is 9.47 Å². The third-order valence-electron chi connectivity index (χ3n) is 4.20. The third-order valence-corrected chi connectivity index (χ3v) is 4.20. The van der Waals surface area contributed by atoms with Gasteiger partial charge in [0.1, 0.15) is 5.60 Å². The second-order valence-corrected chi connectivity index (χ2v) is 9.70. The van der Waals surface area contributed by atoms with E-state index in [9.17, 15) is 4.79 Å². The van der Waals surface area contributed by atoms with Crippen molar-refractivity contribution in [2.45, 2.75) is 100 Å². The molecule has 0 saturated heterocycles. The number of ether oxygens (including phenoxy) is 2. The zero-order valence-electron chi connectivity index (χ0n) is 17.2. The molecule has 2 unspecified atom stereocenters. The van der Waals surface area contributed by atoms with Gasteiger partial charge in [-0.2, -0.15) is 0 Å². The first-order valence-corrected chi connectivity index (χ1v) is 9.02. The Morgan fingerprint density at radius 1 is 1.00 bits per heavy atom. The van der Waals surface area contributed by atoms with E-state index < -0.39 is 5.60 Å². The van der Waals surface area contributed by atoms with Gasteiger partial charge in [0.25, 0.3) is 0 Å². The molecule has 0 aromatic heterocycles. The van der Waals surface area contributed by atoms with Gasteiger partial charge in [-0.15, -0.1) is 0 Å². The van der Waals surface area contributed by atoms with E-state index in [0.29, 0.717) is 6.61 Å². The molecular formula is C20H40O3. The fourth-order valence-electron chi connectivity index (χ4n) is 2.37. The van der Waals surface area contributed by atoms with E-state index in [1.165, 1.54) is 0 Å². The number of carbonyl (C=O) groups excluding carboxylic acids is 1. The maximum Gasteiger partial charge on any atom is 0.310 e. The predicted molar refractivity (Wildman–Crippen MR) is 97.5 cm³/mol. The smallest absolute Gasteiger partial charge is 0.310 e. The number of rotatable bonds is 8. The first-order valence-electron chi connectivity index (χ1n) is 9.02. The monoisotopic (exact) mass is 328 g/mol.